The lowest BCUT2D eigenvalue weighted by Gasteiger charge is -2.15. The quantitative estimate of drug-likeness (QED) is 0.767. The van der Waals surface area contributed by atoms with Crippen LogP contribution >= 0.6 is 0 Å². The Morgan fingerprint density at radius 1 is 1.43 bits per heavy atom. The summed E-state index contributed by atoms with van der Waals surface area (Å²) in [5.41, 5.74) is 7.64. The van der Waals surface area contributed by atoms with Crippen molar-refractivity contribution in [1.29, 1.82) is 0 Å². The van der Waals surface area contributed by atoms with Crippen molar-refractivity contribution in [2.24, 2.45) is 5.73 Å². The minimum atomic E-state index is 0.742. The number of hydrogen-bond acceptors (Lipinski definition) is 4. The van der Waals surface area contributed by atoms with Crippen molar-refractivity contribution in [3.63, 3.8) is 0 Å². The second-order valence-electron chi connectivity index (χ2n) is 3.68. The molecule has 0 aliphatic carbocycles. The average Bonchev–Trinajstić information content (AvgIpc) is 2.46. The van der Waals surface area contributed by atoms with Gasteiger partial charge in [-0.05, 0) is 40.4 Å². The smallest absolute Gasteiger partial charge is 0.138 e. The van der Waals surface area contributed by atoms with Gasteiger partial charge in [-0.3, -0.25) is 0 Å². The highest BCUT2D eigenvalue weighted by Gasteiger charge is 2.10. The largest absolute Gasteiger partial charge is 0.361 e. The van der Waals surface area contributed by atoms with Gasteiger partial charge >= 0.3 is 0 Å². The fraction of sp³-hybridized carbons (Fsp3) is 0.700. The van der Waals surface area contributed by atoms with E-state index >= 15 is 0 Å². The molecular weight excluding hydrogens is 178 g/mol. The van der Waals surface area contributed by atoms with Crippen molar-refractivity contribution in [3.8, 4) is 0 Å². The van der Waals surface area contributed by atoms with E-state index in [0.717, 1.165) is 37.5 Å². The Bertz CT molecular complexity index is 263. The van der Waals surface area contributed by atoms with Crippen molar-refractivity contribution < 1.29 is 4.52 Å². The van der Waals surface area contributed by atoms with Gasteiger partial charge in [-0.15, -0.1) is 0 Å². The second-order valence-corrected chi connectivity index (χ2v) is 3.68. The number of rotatable bonds is 5. The molecule has 0 aliphatic rings. The van der Waals surface area contributed by atoms with Gasteiger partial charge in [-0.25, -0.2) is 0 Å². The zero-order valence-electron chi connectivity index (χ0n) is 9.21. The predicted octanol–water partition coefficient (Wildman–Crippen LogP) is 1.07. The summed E-state index contributed by atoms with van der Waals surface area (Å²) in [5, 5.41) is 3.92. The van der Waals surface area contributed by atoms with Crippen molar-refractivity contribution in [2.75, 3.05) is 20.1 Å². The van der Waals surface area contributed by atoms with Crippen LogP contribution < -0.4 is 5.73 Å². The molecule has 0 saturated carbocycles. The van der Waals surface area contributed by atoms with Crippen LogP contribution in [0.4, 0.5) is 0 Å². The molecule has 1 rings (SSSR count). The highest BCUT2D eigenvalue weighted by Crippen LogP contribution is 2.13. The first-order valence-corrected chi connectivity index (χ1v) is 4.95. The van der Waals surface area contributed by atoms with Gasteiger partial charge in [0.1, 0.15) is 5.76 Å². The van der Waals surface area contributed by atoms with E-state index in [0.29, 0.717) is 0 Å². The van der Waals surface area contributed by atoms with Crippen LogP contribution in [0.3, 0.4) is 0 Å². The topological polar surface area (TPSA) is 55.3 Å². The molecule has 0 radical (unpaired) electrons. The monoisotopic (exact) mass is 197 g/mol. The lowest BCUT2D eigenvalue weighted by molar-refractivity contribution is 0.320. The molecule has 0 atom stereocenters. The molecule has 0 unspecified atom stereocenters. The van der Waals surface area contributed by atoms with E-state index in [-0.39, 0.29) is 0 Å². The molecule has 1 aromatic rings. The van der Waals surface area contributed by atoms with Crippen molar-refractivity contribution in [2.45, 2.75) is 26.8 Å². The van der Waals surface area contributed by atoms with E-state index in [4.69, 9.17) is 10.3 Å². The number of aromatic nitrogens is 1. The van der Waals surface area contributed by atoms with E-state index in [1.54, 1.807) is 0 Å². The summed E-state index contributed by atoms with van der Waals surface area (Å²) >= 11 is 0. The molecule has 2 N–H and O–H groups in total. The molecule has 1 aromatic heterocycles. The Balaban J connectivity index is 2.51. The Hall–Kier alpha value is -0.870. The molecule has 4 heteroatoms. The van der Waals surface area contributed by atoms with Crippen LogP contribution in [0.2, 0.25) is 0 Å². The van der Waals surface area contributed by atoms with E-state index in [1.807, 2.05) is 13.8 Å². The van der Waals surface area contributed by atoms with E-state index < -0.39 is 0 Å². The molecule has 0 aliphatic heterocycles. The molecule has 0 fully saturated rings. The first-order valence-electron chi connectivity index (χ1n) is 4.95. The summed E-state index contributed by atoms with van der Waals surface area (Å²) in [6.07, 6.45) is 1.03. The maximum atomic E-state index is 5.45. The first-order chi connectivity index (χ1) is 6.65. The Morgan fingerprint density at radius 2 is 2.14 bits per heavy atom. The van der Waals surface area contributed by atoms with Gasteiger partial charge in [0.05, 0.1) is 5.69 Å². The Kier molecular flexibility index (Phi) is 4.10. The number of nitrogens with two attached hydrogens (primary N) is 1. The third-order valence-corrected chi connectivity index (χ3v) is 2.35. The van der Waals surface area contributed by atoms with Crippen LogP contribution in [-0.4, -0.2) is 30.2 Å². The van der Waals surface area contributed by atoms with Crippen LogP contribution in [0.15, 0.2) is 4.52 Å². The molecule has 80 valence electrons. The maximum absolute atomic E-state index is 5.45. The molecule has 0 spiro atoms. The number of hydrogen-bond donors (Lipinski definition) is 1. The fourth-order valence-corrected chi connectivity index (χ4v) is 1.44. The van der Waals surface area contributed by atoms with Crippen LogP contribution in [0.25, 0.3) is 0 Å². The van der Waals surface area contributed by atoms with Gasteiger partial charge in [0.15, 0.2) is 0 Å². The molecule has 0 saturated heterocycles. The van der Waals surface area contributed by atoms with Crippen LogP contribution in [0.1, 0.15) is 23.4 Å². The van der Waals surface area contributed by atoms with Gasteiger partial charge in [0, 0.05) is 12.1 Å². The van der Waals surface area contributed by atoms with Gasteiger partial charge in [0.25, 0.3) is 0 Å². The summed E-state index contributed by atoms with van der Waals surface area (Å²) < 4.78 is 5.10. The van der Waals surface area contributed by atoms with Gasteiger partial charge in [0.2, 0.25) is 0 Å². The van der Waals surface area contributed by atoms with Crippen LogP contribution in [-0.2, 0) is 6.54 Å². The molecular formula is C10H19N3O. The third-order valence-electron chi connectivity index (χ3n) is 2.35. The lowest BCUT2D eigenvalue weighted by Crippen LogP contribution is -2.21. The van der Waals surface area contributed by atoms with Gasteiger partial charge in [-0.2, -0.15) is 0 Å². The van der Waals surface area contributed by atoms with E-state index in [2.05, 4.69) is 17.1 Å². The average molecular weight is 197 g/mol. The minimum Gasteiger partial charge on any atom is -0.361 e. The summed E-state index contributed by atoms with van der Waals surface area (Å²) in [6.45, 7) is 6.57. The summed E-state index contributed by atoms with van der Waals surface area (Å²) in [7, 11) is 2.08. The van der Waals surface area contributed by atoms with Crippen molar-refractivity contribution in [3.05, 3.63) is 17.0 Å². The van der Waals surface area contributed by atoms with E-state index in [9.17, 15) is 0 Å². The molecule has 0 aromatic carbocycles. The molecule has 14 heavy (non-hydrogen) atoms. The SMILES string of the molecule is Cc1noc(C)c1CN(C)CCCN. The molecule has 0 amide bonds. The van der Waals surface area contributed by atoms with Crippen molar-refractivity contribution in [1.82, 2.24) is 10.1 Å². The van der Waals surface area contributed by atoms with Crippen LogP contribution in [0.5, 0.6) is 0 Å². The molecule has 0 bridgehead atoms. The highest BCUT2D eigenvalue weighted by molar-refractivity contribution is 5.20. The Labute approximate surface area is 85.1 Å². The summed E-state index contributed by atoms with van der Waals surface area (Å²) in [5.74, 6) is 0.919. The molecule has 1 heterocycles. The highest BCUT2D eigenvalue weighted by atomic mass is 16.5. The van der Waals surface area contributed by atoms with Gasteiger partial charge < -0.3 is 15.2 Å². The van der Waals surface area contributed by atoms with Crippen molar-refractivity contribution >= 4 is 0 Å². The summed E-state index contributed by atoms with van der Waals surface area (Å²) in [4.78, 5) is 2.24. The molecule has 4 nitrogen and oxygen atoms in total. The Morgan fingerprint density at radius 3 is 2.64 bits per heavy atom. The van der Waals surface area contributed by atoms with Gasteiger partial charge in [-0.1, -0.05) is 5.16 Å². The minimum absolute atomic E-state index is 0.742. The number of nitrogens with zero attached hydrogens (tertiary/aromatic N) is 2. The lowest BCUT2D eigenvalue weighted by atomic mass is 10.2. The maximum Gasteiger partial charge on any atom is 0.138 e. The van der Waals surface area contributed by atoms with Crippen LogP contribution in [0, 0.1) is 13.8 Å². The zero-order chi connectivity index (χ0) is 10.6. The normalized spacial score (nSPS) is 11.2. The zero-order valence-corrected chi connectivity index (χ0v) is 9.21. The van der Waals surface area contributed by atoms with E-state index in [1.165, 1.54) is 5.56 Å². The first kappa shape index (κ1) is 11.2. The standard InChI is InChI=1S/C10H19N3O/c1-8-10(9(2)14-12-8)7-13(3)6-4-5-11/h4-7,11H2,1-3H3. The fourth-order valence-electron chi connectivity index (χ4n) is 1.44. The summed E-state index contributed by atoms with van der Waals surface area (Å²) in [6, 6.07) is 0. The number of aryl methyl sites for hydroxylation is 2. The predicted molar refractivity (Wildman–Crippen MR) is 56.0 cm³/mol. The second kappa shape index (κ2) is 5.12. The third kappa shape index (κ3) is 2.82.